The first kappa shape index (κ1) is 14.7. The van der Waals surface area contributed by atoms with Crippen LogP contribution in [-0.4, -0.2) is 34.3 Å². The fourth-order valence-corrected chi connectivity index (χ4v) is 1.93. The molecular formula is C11H13F2NO3S. The first-order valence-electron chi connectivity index (χ1n) is 5.20. The van der Waals surface area contributed by atoms with Crippen LogP contribution in [0, 0.1) is 0 Å². The van der Waals surface area contributed by atoms with Crippen molar-refractivity contribution in [2.24, 2.45) is 0 Å². The number of carboxylic acid groups (broad SMARTS) is 1. The molecule has 1 rings (SSSR count). The van der Waals surface area contributed by atoms with E-state index in [1.807, 2.05) is 6.92 Å². The Kier molecular flexibility index (Phi) is 4.89. The third kappa shape index (κ3) is 4.48. The first-order valence-corrected chi connectivity index (χ1v) is 6.19. The summed E-state index contributed by atoms with van der Waals surface area (Å²) in [5, 5.41) is 8.91. The van der Waals surface area contributed by atoms with Crippen LogP contribution in [0.25, 0.3) is 0 Å². The van der Waals surface area contributed by atoms with Crippen LogP contribution in [0.1, 0.15) is 24.3 Å². The molecule has 0 atom stereocenters. The average molecular weight is 277 g/mol. The fourth-order valence-electron chi connectivity index (χ4n) is 1.14. The second-order valence-corrected chi connectivity index (χ2v) is 4.92. The summed E-state index contributed by atoms with van der Waals surface area (Å²) < 4.78 is 30.1. The summed E-state index contributed by atoms with van der Waals surface area (Å²) in [4.78, 5) is 15.0. The van der Waals surface area contributed by atoms with E-state index in [2.05, 4.69) is 4.98 Å². The first-order chi connectivity index (χ1) is 8.33. The highest BCUT2D eigenvalue weighted by Crippen LogP contribution is 2.26. The number of carbonyl (C=O) groups is 1. The number of halogens is 2. The van der Waals surface area contributed by atoms with Gasteiger partial charge in [0.15, 0.2) is 12.3 Å². The van der Waals surface area contributed by atoms with Crippen LogP contribution >= 0.6 is 11.8 Å². The average Bonchev–Trinajstić information content (AvgIpc) is 2.25. The van der Waals surface area contributed by atoms with Crippen LogP contribution in [0.3, 0.4) is 0 Å². The Balaban J connectivity index is 2.89. The minimum atomic E-state index is -2.94. The molecule has 18 heavy (non-hydrogen) atoms. The second kappa shape index (κ2) is 5.99. The predicted molar refractivity (Wildman–Crippen MR) is 63.7 cm³/mol. The number of thioether (sulfide) groups is 1. The van der Waals surface area contributed by atoms with Crippen LogP contribution in [0.15, 0.2) is 17.2 Å². The zero-order chi connectivity index (χ0) is 13.8. The van der Waals surface area contributed by atoms with E-state index in [1.165, 1.54) is 17.8 Å². The third-order valence-corrected chi connectivity index (χ3v) is 2.73. The Bertz CT molecular complexity index is 435. The van der Waals surface area contributed by atoms with Crippen molar-refractivity contribution in [1.82, 2.24) is 4.98 Å². The predicted octanol–water partition coefficient (Wildman–Crippen LogP) is 2.93. The maximum absolute atomic E-state index is 12.6. The van der Waals surface area contributed by atoms with E-state index in [0.717, 1.165) is 13.1 Å². The smallest absolute Gasteiger partial charge is 0.355 e. The maximum Gasteiger partial charge on any atom is 0.355 e. The number of hydrogen-bond acceptors (Lipinski definition) is 4. The van der Waals surface area contributed by atoms with Crippen LogP contribution in [0.2, 0.25) is 0 Å². The Morgan fingerprint density at radius 2 is 2.28 bits per heavy atom. The van der Waals surface area contributed by atoms with Gasteiger partial charge in [0.25, 0.3) is 5.92 Å². The van der Waals surface area contributed by atoms with Gasteiger partial charge in [-0.05, 0) is 11.8 Å². The van der Waals surface area contributed by atoms with Crippen molar-refractivity contribution in [3.8, 4) is 5.75 Å². The standard InChI is InChI=1S/C11H13F2NO3S/c1-3-18-8-4-7(17-6-11(2,12)13)5-14-9(8)10(15)16/h4-5H,3,6H2,1-2H3,(H,15,16). The van der Waals surface area contributed by atoms with Gasteiger partial charge in [0.1, 0.15) is 5.75 Å². The van der Waals surface area contributed by atoms with E-state index in [0.29, 0.717) is 10.6 Å². The van der Waals surface area contributed by atoms with Gasteiger partial charge in [-0.25, -0.2) is 18.6 Å². The van der Waals surface area contributed by atoms with Gasteiger partial charge in [0.05, 0.1) is 6.20 Å². The molecule has 1 N–H and O–H groups in total. The molecule has 1 aromatic rings. The minimum Gasteiger partial charge on any atom is -0.486 e. The van der Waals surface area contributed by atoms with Crippen molar-refractivity contribution < 1.29 is 23.4 Å². The molecule has 1 heterocycles. The number of carboxylic acids is 1. The minimum absolute atomic E-state index is 0.0996. The number of nitrogens with zero attached hydrogens (tertiary/aromatic N) is 1. The molecule has 0 bridgehead atoms. The Hall–Kier alpha value is -1.37. The fraction of sp³-hybridized carbons (Fsp3) is 0.455. The highest BCUT2D eigenvalue weighted by Gasteiger charge is 2.22. The van der Waals surface area contributed by atoms with Gasteiger partial charge >= 0.3 is 5.97 Å². The van der Waals surface area contributed by atoms with Crippen LogP contribution < -0.4 is 4.74 Å². The van der Waals surface area contributed by atoms with Crippen molar-refractivity contribution >= 4 is 17.7 Å². The van der Waals surface area contributed by atoms with Crippen molar-refractivity contribution in [2.75, 3.05) is 12.4 Å². The molecule has 100 valence electrons. The van der Waals surface area contributed by atoms with E-state index in [9.17, 15) is 13.6 Å². The van der Waals surface area contributed by atoms with E-state index in [4.69, 9.17) is 9.84 Å². The van der Waals surface area contributed by atoms with Crippen molar-refractivity contribution in [2.45, 2.75) is 24.7 Å². The van der Waals surface area contributed by atoms with Gasteiger partial charge in [-0.1, -0.05) is 6.92 Å². The number of pyridine rings is 1. The van der Waals surface area contributed by atoms with Gasteiger partial charge in [-0.2, -0.15) is 0 Å². The highest BCUT2D eigenvalue weighted by molar-refractivity contribution is 7.99. The van der Waals surface area contributed by atoms with Crippen LogP contribution in [0.4, 0.5) is 8.78 Å². The Morgan fingerprint density at radius 3 is 2.78 bits per heavy atom. The molecule has 0 aliphatic carbocycles. The van der Waals surface area contributed by atoms with E-state index < -0.39 is 18.5 Å². The van der Waals surface area contributed by atoms with Gasteiger partial charge in [-0.3, -0.25) is 0 Å². The zero-order valence-corrected chi connectivity index (χ0v) is 10.8. The normalized spacial score (nSPS) is 11.3. The number of aromatic nitrogens is 1. The third-order valence-electron chi connectivity index (χ3n) is 1.82. The maximum atomic E-state index is 12.6. The molecule has 0 saturated heterocycles. The van der Waals surface area contributed by atoms with Crippen molar-refractivity contribution in [1.29, 1.82) is 0 Å². The SMILES string of the molecule is CCSc1cc(OCC(C)(F)F)cnc1C(=O)O. The second-order valence-electron chi connectivity index (χ2n) is 3.61. The van der Waals surface area contributed by atoms with Crippen LogP contribution in [-0.2, 0) is 0 Å². The molecule has 0 unspecified atom stereocenters. The van der Waals surface area contributed by atoms with Crippen LogP contribution in [0.5, 0.6) is 5.75 Å². The summed E-state index contributed by atoms with van der Waals surface area (Å²) in [6, 6.07) is 1.41. The molecule has 0 aromatic carbocycles. The van der Waals surface area contributed by atoms with E-state index >= 15 is 0 Å². The molecule has 0 radical (unpaired) electrons. The van der Waals surface area contributed by atoms with Crippen molar-refractivity contribution in [3.63, 3.8) is 0 Å². The quantitative estimate of drug-likeness (QED) is 0.810. The highest BCUT2D eigenvalue weighted by atomic mass is 32.2. The lowest BCUT2D eigenvalue weighted by Gasteiger charge is -2.13. The lowest BCUT2D eigenvalue weighted by Crippen LogP contribution is -2.21. The molecular weight excluding hydrogens is 264 g/mol. The van der Waals surface area contributed by atoms with Crippen molar-refractivity contribution in [3.05, 3.63) is 18.0 Å². The zero-order valence-electron chi connectivity index (χ0n) is 9.94. The summed E-state index contributed by atoms with van der Waals surface area (Å²) in [7, 11) is 0. The van der Waals surface area contributed by atoms with Gasteiger partial charge in [0.2, 0.25) is 0 Å². The van der Waals surface area contributed by atoms with Gasteiger partial charge < -0.3 is 9.84 Å². The Labute approximate surface area is 107 Å². The number of alkyl halides is 2. The topological polar surface area (TPSA) is 59.4 Å². The molecule has 1 aromatic heterocycles. The molecule has 0 aliphatic heterocycles. The number of hydrogen-bond donors (Lipinski definition) is 1. The summed E-state index contributed by atoms with van der Waals surface area (Å²) in [5.41, 5.74) is -0.0996. The van der Waals surface area contributed by atoms with E-state index in [-0.39, 0.29) is 11.4 Å². The molecule has 0 aliphatic rings. The van der Waals surface area contributed by atoms with Gasteiger partial charge in [0, 0.05) is 11.8 Å². The number of ether oxygens (including phenoxy) is 1. The molecule has 7 heteroatoms. The molecule has 0 amide bonds. The molecule has 0 saturated carbocycles. The molecule has 4 nitrogen and oxygen atoms in total. The number of rotatable bonds is 6. The summed E-state index contributed by atoms with van der Waals surface area (Å²) >= 11 is 1.27. The molecule has 0 spiro atoms. The van der Waals surface area contributed by atoms with E-state index in [1.54, 1.807) is 0 Å². The summed E-state index contributed by atoms with van der Waals surface area (Å²) in [5.74, 6) is -3.31. The largest absolute Gasteiger partial charge is 0.486 e. The summed E-state index contributed by atoms with van der Waals surface area (Å²) in [6.07, 6.45) is 1.13. The Morgan fingerprint density at radius 1 is 1.61 bits per heavy atom. The summed E-state index contributed by atoms with van der Waals surface area (Å²) in [6.45, 7) is 1.83. The van der Waals surface area contributed by atoms with Gasteiger partial charge in [-0.15, -0.1) is 11.8 Å². The lowest BCUT2D eigenvalue weighted by molar-refractivity contribution is -0.0231. The monoisotopic (exact) mass is 277 g/mol. The molecule has 0 fully saturated rings. The lowest BCUT2D eigenvalue weighted by atomic mass is 10.3. The number of aromatic carboxylic acids is 1.